The zero-order valence-electron chi connectivity index (χ0n) is 12.1. The molecule has 0 saturated heterocycles. The monoisotopic (exact) mass is 285 g/mol. The zero-order chi connectivity index (χ0) is 14.8. The van der Waals surface area contributed by atoms with Crippen molar-refractivity contribution in [3.05, 3.63) is 90.3 Å². The Morgan fingerprint density at radius 3 is 2.27 bits per heavy atom. The van der Waals surface area contributed by atoms with Gasteiger partial charge in [-0.1, -0.05) is 60.7 Å². The smallest absolute Gasteiger partial charge is 0.152 e. The lowest BCUT2D eigenvalue weighted by Gasteiger charge is -2.02. The molecule has 106 valence electrons. The molecule has 2 nitrogen and oxygen atoms in total. The Labute approximate surface area is 129 Å². The van der Waals surface area contributed by atoms with E-state index in [-0.39, 0.29) is 0 Å². The number of nitrogens with zero attached hydrogens (tertiary/aromatic N) is 1. The largest absolute Gasteiger partial charge is 0.462 e. The van der Waals surface area contributed by atoms with Crippen molar-refractivity contribution in [3.63, 3.8) is 0 Å². The number of hydrogen-bond acceptors (Lipinski definition) is 2. The molecule has 0 aliphatic heterocycles. The van der Waals surface area contributed by atoms with Crippen LogP contribution < -0.4 is 0 Å². The first-order chi connectivity index (χ1) is 10.9. The molecule has 0 saturated carbocycles. The van der Waals surface area contributed by atoms with Crippen molar-refractivity contribution in [3.8, 4) is 11.1 Å². The highest BCUT2D eigenvalue weighted by Crippen LogP contribution is 2.29. The van der Waals surface area contributed by atoms with Gasteiger partial charge in [0.2, 0.25) is 0 Å². The third-order valence-corrected chi connectivity index (χ3v) is 3.79. The number of rotatable bonds is 3. The van der Waals surface area contributed by atoms with E-state index in [2.05, 4.69) is 36.4 Å². The fourth-order valence-electron chi connectivity index (χ4n) is 2.68. The summed E-state index contributed by atoms with van der Waals surface area (Å²) in [6, 6.07) is 24.7. The van der Waals surface area contributed by atoms with Crippen LogP contribution in [0.15, 0.2) is 83.5 Å². The average Bonchev–Trinajstić information content (AvgIpc) is 3.00. The minimum atomic E-state index is 0.829. The molecule has 2 aromatic heterocycles. The Morgan fingerprint density at radius 2 is 1.50 bits per heavy atom. The Hall–Kier alpha value is -2.87. The van der Waals surface area contributed by atoms with Crippen LogP contribution in [-0.2, 0) is 6.42 Å². The van der Waals surface area contributed by atoms with Gasteiger partial charge >= 0.3 is 0 Å². The first kappa shape index (κ1) is 12.8. The minimum absolute atomic E-state index is 0.829. The van der Waals surface area contributed by atoms with E-state index < -0.39 is 0 Å². The lowest BCUT2D eigenvalue weighted by Crippen LogP contribution is -1.92. The summed E-state index contributed by atoms with van der Waals surface area (Å²) < 4.78 is 5.65. The Kier molecular flexibility index (Phi) is 3.20. The first-order valence-electron chi connectivity index (χ1n) is 7.36. The molecule has 0 bridgehead atoms. The fourth-order valence-corrected chi connectivity index (χ4v) is 2.68. The molecule has 0 N–H and O–H groups in total. The summed E-state index contributed by atoms with van der Waals surface area (Å²) in [6.07, 6.45) is 2.62. The number of fused-ring (bicyclic) bond motifs is 1. The van der Waals surface area contributed by atoms with Crippen LogP contribution in [0.4, 0.5) is 0 Å². The maximum absolute atomic E-state index is 5.65. The van der Waals surface area contributed by atoms with Gasteiger partial charge in [0.05, 0.1) is 0 Å². The maximum atomic E-state index is 5.65. The topological polar surface area (TPSA) is 26.0 Å². The molecule has 0 fully saturated rings. The van der Waals surface area contributed by atoms with Gasteiger partial charge in [-0.2, -0.15) is 0 Å². The molecule has 2 aromatic carbocycles. The number of aromatic nitrogens is 1. The van der Waals surface area contributed by atoms with Crippen LogP contribution in [0.5, 0.6) is 0 Å². The van der Waals surface area contributed by atoms with Crippen LogP contribution in [0.3, 0.4) is 0 Å². The second-order valence-electron chi connectivity index (χ2n) is 5.33. The maximum Gasteiger partial charge on any atom is 0.152 e. The average molecular weight is 285 g/mol. The van der Waals surface area contributed by atoms with Crippen LogP contribution in [0.1, 0.15) is 11.3 Å². The molecular formula is C20H15NO. The molecule has 22 heavy (non-hydrogen) atoms. The fraction of sp³-hybridized carbons (Fsp3) is 0.0500. The molecule has 2 heterocycles. The molecule has 2 heteroatoms. The normalized spacial score (nSPS) is 10.9. The number of furan rings is 1. The molecule has 0 spiro atoms. The molecule has 0 aliphatic rings. The summed E-state index contributed by atoms with van der Waals surface area (Å²) in [4.78, 5) is 4.81. The molecule has 4 rings (SSSR count). The Balaban J connectivity index is 1.77. The van der Waals surface area contributed by atoms with Crippen molar-refractivity contribution < 1.29 is 4.42 Å². The molecule has 0 atom stereocenters. The lowest BCUT2D eigenvalue weighted by molar-refractivity contribution is 0.616. The predicted molar refractivity (Wildman–Crippen MR) is 88.7 cm³/mol. The summed E-state index contributed by atoms with van der Waals surface area (Å²) in [5.41, 5.74) is 6.25. The van der Waals surface area contributed by atoms with Gasteiger partial charge in [-0.3, -0.25) is 0 Å². The molecule has 0 amide bonds. The first-order valence-corrected chi connectivity index (χ1v) is 7.36. The van der Waals surface area contributed by atoms with Gasteiger partial charge in [0, 0.05) is 17.7 Å². The van der Waals surface area contributed by atoms with Crippen LogP contribution in [0, 0.1) is 0 Å². The molecule has 0 unspecified atom stereocenters. The molecule has 0 aliphatic carbocycles. The second-order valence-corrected chi connectivity index (χ2v) is 5.33. The van der Waals surface area contributed by atoms with Gasteiger partial charge in [-0.25, -0.2) is 4.98 Å². The predicted octanol–water partition coefficient (Wildman–Crippen LogP) is 5.09. The minimum Gasteiger partial charge on any atom is -0.462 e. The van der Waals surface area contributed by atoms with E-state index >= 15 is 0 Å². The summed E-state index contributed by atoms with van der Waals surface area (Å²) in [5, 5.41) is 0. The van der Waals surface area contributed by atoms with E-state index in [4.69, 9.17) is 9.40 Å². The van der Waals surface area contributed by atoms with Crippen LogP contribution in [0.2, 0.25) is 0 Å². The van der Waals surface area contributed by atoms with E-state index in [1.54, 1.807) is 6.26 Å². The Morgan fingerprint density at radius 1 is 0.773 bits per heavy atom. The Bertz CT molecular complexity index is 895. The quantitative estimate of drug-likeness (QED) is 0.524. The van der Waals surface area contributed by atoms with Gasteiger partial charge in [-0.15, -0.1) is 0 Å². The molecule has 4 aromatic rings. The van der Waals surface area contributed by atoms with Crippen LogP contribution >= 0.6 is 0 Å². The van der Waals surface area contributed by atoms with Gasteiger partial charge < -0.3 is 4.42 Å². The van der Waals surface area contributed by atoms with E-state index in [1.165, 1.54) is 5.56 Å². The highest BCUT2D eigenvalue weighted by Gasteiger charge is 2.10. The molecule has 0 radical (unpaired) electrons. The van der Waals surface area contributed by atoms with Crippen molar-refractivity contribution in [2.75, 3.05) is 0 Å². The highest BCUT2D eigenvalue weighted by molar-refractivity contribution is 5.90. The van der Waals surface area contributed by atoms with Gasteiger partial charge in [-0.05, 0) is 23.3 Å². The van der Waals surface area contributed by atoms with E-state index in [0.29, 0.717) is 0 Å². The number of pyridine rings is 1. The third kappa shape index (κ3) is 2.40. The highest BCUT2D eigenvalue weighted by atomic mass is 16.3. The van der Waals surface area contributed by atoms with Crippen molar-refractivity contribution in [2.45, 2.75) is 6.42 Å². The van der Waals surface area contributed by atoms with E-state index in [0.717, 1.165) is 34.3 Å². The molecular weight excluding hydrogens is 270 g/mol. The van der Waals surface area contributed by atoms with E-state index in [1.807, 2.05) is 36.4 Å². The van der Waals surface area contributed by atoms with Gasteiger partial charge in [0.15, 0.2) is 5.58 Å². The van der Waals surface area contributed by atoms with Crippen LogP contribution in [-0.4, -0.2) is 4.98 Å². The summed E-state index contributed by atoms with van der Waals surface area (Å²) in [5.74, 6) is 0. The number of benzene rings is 2. The summed E-state index contributed by atoms with van der Waals surface area (Å²) in [6.45, 7) is 0. The van der Waals surface area contributed by atoms with Gasteiger partial charge in [0.25, 0.3) is 0 Å². The van der Waals surface area contributed by atoms with Crippen molar-refractivity contribution in [1.29, 1.82) is 0 Å². The zero-order valence-corrected chi connectivity index (χ0v) is 12.1. The van der Waals surface area contributed by atoms with Crippen LogP contribution in [0.25, 0.3) is 22.2 Å². The standard InChI is InChI=1S/C20H15NO/c1-3-7-15(8-4-1)13-17-11-12-19-20(21-17)18(14-22-19)16-9-5-2-6-10-16/h1-12,14H,13H2. The summed E-state index contributed by atoms with van der Waals surface area (Å²) >= 11 is 0. The summed E-state index contributed by atoms with van der Waals surface area (Å²) in [7, 11) is 0. The third-order valence-electron chi connectivity index (χ3n) is 3.79. The number of hydrogen-bond donors (Lipinski definition) is 0. The van der Waals surface area contributed by atoms with E-state index in [9.17, 15) is 0 Å². The van der Waals surface area contributed by atoms with Crippen molar-refractivity contribution in [2.24, 2.45) is 0 Å². The SMILES string of the molecule is c1ccc(Cc2ccc3occ(-c4ccccc4)c3n2)cc1. The van der Waals surface area contributed by atoms with Crippen molar-refractivity contribution in [1.82, 2.24) is 4.98 Å². The van der Waals surface area contributed by atoms with Crippen molar-refractivity contribution >= 4 is 11.1 Å². The van der Waals surface area contributed by atoms with Gasteiger partial charge in [0.1, 0.15) is 11.8 Å². The second kappa shape index (κ2) is 5.49. The lowest BCUT2D eigenvalue weighted by atomic mass is 10.1.